The predicted molar refractivity (Wildman–Crippen MR) is 91.6 cm³/mol. The highest BCUT2D eigenvalue weighted by molar-refractivity contribution is 5.91. The quantitative estimate of drug-likeness (QED) is 0.609. The first-order valence-electron chi connectivity index (χ1n) is 8.92. The van der Waals surface area contributed by atoms with Gasteiger partial charge in [-0.1, -0.05) is 48.9 Å². The molecule has 0 saturated carbocycles. The zero-order chi connectivity index (χ0) is 17.6. The van der Waals surface area contributed by atoms with Crippen LogP contribution in [-0.2, 0) is 25.6 Å². The molecule has 1 aromatic rings. The lowest BCUT2D eigenvalue weighted by atomic mass is 9.77. The van der Waals surface area contributed by atoms with Gasteiger partial charge >= 0.3 is 5.97 Å². The maximum absolute atomic E-state index is 13.0. The number of fused-ring (bicyclic) bond motifs is 1. The number of hydrogen-bond donors (Lipinski definition) is 0. The van der Waals surface area contributed by atoms with E-state index < -0.39 is 17.4 Å². The lowest BCUT2D eigenvalue weighted by molar-refractivity contribution is -0.153. The Kier molecular flexibility index (Phi) is 3.91. The van der Waals surface area contributed by atoms with Gasteiger partial charge in [-0.15, -0.1) is 0 Å². The van der Waals surface area contributed by atoms with Crippen LogP contribution in [0.2, 0.25) is 0 Å². The van der Waals surface area contributed by atoms with E-state index >= 15 is 0 Å². The summed E-state index contributed by atoms with van der Waals surface area (Å²) in [4.78, 5) is 27.3. The number of carbonyl (C=O) groups excluding carboxylic acids is 2. The molecule has 0 radical (unpaired) electrons. The molecule has 5 heteroatoms. The van der Waals surface area contributed by atoms with Crippen molar-refractivity contribution in [2.45, 2.75) is 38.5 Å². The van der Waals surface area contributed by atoms with Crippen LogP contribution in [0.5, 0.6) is 0 Å². The van der Waals surface area contributed by atoms with Gasteiger partial charge in [-0.25, -0.2) is 0 Å². The molecular formula is C20H23NO4. The molecule has 3 aliphatic heterocycles. The predicted octanol–water partition coefficient (Wildman–Crippen LogP) is 2.23. The average Bonchev–Trinajstić information content (AvgIpc) is 3.23. The summed E-state index contributed by atoms with van der Waals surface area (Å²) >= 11 is 0. The molecule has 2 fully saturated rings. The number of rotatable bonds is 5. The van der Waals surface area contributed by atoms with Gasteiger partial charge in [0.05, 0.1) is 25.2 Å². The first-order chi connectivity index (χ1) is 12.0. The number of hydrogen-bond acceptors (Lipinski definition) is 4. The Hall–Kier alpha value is -2.14. The summed E-state index contributed by atoms with van der Waals surface area (Å²) in [5, 5.41) is 0. The van der Waals surface area contributed by atoms with E-state index in [2.05, 4.69) is 0 Å². The first-order valence-corrected chi connectivity index (χ1v) is 8.92. The first kappa shape index (κ1) is 16.3. The minimum Gasteiger partial charge on any atom is -0.465 e. The van der Waals surface area contributed by atoms with Crippen LogP contribution in [0.25, 0.3) is 0 Å². The topological polar surface area (TPSA) is 55.8 Å². The van der Waals surface area contributed by atoms with Crippen molar-refractivity contribution in [2.75, 3.05) is 13.2 Å². The van der Waals surface area contributed by atoms with Crippen LogP contribution in [0.3, 0.4) is 0 Å². The molecule has 1 aromatic carbocycles. The largest absolute Gasteiger partial charge is 0.465 e. The third-order valence-electron chi connectivity index (χ3n) is 5.39. The van der Waals surface area contributed by atoms with E-state index in [4.69, 9.17) is 9.47 Å². The van der Waals surface area contributed by atoms with Crippen LogP contribution < -0.4 is 0 Å². The summed E-state index contributed by atoms with van der Waals surface area (Å²) in [5.41, 5.74) is 1.61. The number of aryl methyl sites for hydroxylation is 1. The van der Waals surface area contributed by atoms with Gasteiger partial charge in [0.1, 0.15) is 11.5 Å². The number of ether oxygens (including phenoxy) is 2. The molecule has 5 nitrogen and oxygen atoms in total. The SMILES string of the molecule is CCCOC(=O)[C@H]1[C@@H]2C=C[C@]3(CN(Cc4ccc(C)cc4)C(=O)[C@H]13)O2. The van der Waals surface area contributed by atoms with Crippen LogP contribution in [-0.4, -0.2) is 41.6 Å². The van der Waals surface area contributed by atoms with Crippen molar-refractivity contribution in [1.29, 1.82) is 0 Å². The molecule has 1 amide bonds. The van der Waals surface area contributed by atoms with Crippen LogP contribution in [0.15, 0.2) is 36.4 Å². The number of carbonyl (C=O) groups is 2. The van der Waals surface area contributed by atoms with Crippen LogP contribution in [0, 0.1) is 18.8 Å². The molecule has 2 saturated heterocycles. The molecule has 2 bridgehead atoms. The Morgan fingerprint density at radius 2 is 2.12 bits per heavy atom. The maximum atomic E-state index is 13.0. The molecule has 3 aliphatic rings. The normalized spacial score (nSPS) is 32.3. The number of likely N-dealkylation sites (tertiary alicyclic amines) is 1. The molecule has 3 heterocycles. The van der Waals surface area contributed by atoms with Crippen molar-refractivity contribution in [3.63, 3.8) is 0 Å². The smallest absolute Gasteiger partial charge is 0.312 e. The summed E-state index contributed by atoms with van der Waals surface area (Å²) in [6, 6.07) is 8.16. The Bertz CT molecular complexity index is 726. The summed E-state index contributed by atoms with van der Waals surface area (Å²) in [6.45, 7) is 5.41. The fraction of sp³-hybridized carbons (Fsp3) is 0.500. The van der Waals surface area contributed by atoms with E-state index in [0.29, 0.717) is 19.7 Å². The zero-order valence-corrected chi connectivity index (χ0v) is 14.6. The van der Waals surface area contributed by atoms with Gasteiger partial charge in [-0.3, -0.25) is 9.59 Å². The van der Waals surface area contributed by atoms with Crippen molar-refractivity contribution in [3.05, 3.63) is 47.5 Å². The van der Waals surface area contributed by atoms with Crippen molar-refractivity contribution in [3.8, 4) is 0 Å². The summed E-state index contributed by atoms with van der Waals surface area (Å²) in [5.74, 6) is -1.30. The van der Waals surface area contributed by atoms with Crippen molar-refractivity contribution >= 4 is 11.9 Å². The zero-order valence-electron chi connectivity index (χ0n) is 14.6. The standard InChI is InChI=1S/C20H23NO4/c1-3-10-24-19(23)16-15-8-9-20(25-15)12-21(18(22)17(16)20)11-14-6-4-13(2)5-7-14/h4-9,15-17H,3,10-12H2,1-2H3/t15-,16-,17-,20+/m0/s1. The van der Waals surface area contributed by atoms with Gasteiger partial charge in [0.25, 0.3) is 0 Å². The lowest BCUT2D eigenvalue weighted by Crippen LogP contribution is -2.40. The molecule has 0 aromatic heterocycles. The van der Waals surface area contributed by atoms with E-state index in [1.54, 1.807) is 4.90 Å². The van der Waals surface area contributed by atoms with E-state index in [1.807, 2.05) is 50.3 Å². The third kappa shape index (κ3) is 2.58. The van der Waals surface area contributed by atoms with Crippen molar-refractivity contribution in [2.24, 2.45) is 11.8 Å². The lowest BCUT2D eigenvalue weighted by Gasteiger charge is -2.22. The molecule has 0 unspecified atom stereocenters. The van der Waals surface area contributed by atoms with Crippen molar-refractivity contribution in [1.82, 2.24) is 4.90 Å². The van der Waals surface area contributed by atoms with Gasteiger partial charge in [0, 0.05) is 6.54 Å². The van der Waals surface area contributed by atoms with Crippen LogP contribution in [0.4, 0.5) is 0 Å². The molecule has 0 N–H and O–H groups in total. The number of benzene rings is 1. The summed E-state index contributed by atoms with van der Waals surface area (Å²) in [6.07, 6.45) is 4.32. The highest BCUT2D eigenvalue weighted by atomic mass is 16.6. The van der Waals surface area contributed by atoms with E-state index in [9.17, 15) is 9.59 Å². The second-order valence-corrected chi connectivity index (χ2v) is 7.25. The Morgan fingerprint density at radius 1 is 1.36 bits per heavy atom. The Balaban J connectivity index is 1.55. The molecule has 25 heavy (non-hydrogen) atoms. The van der Waals surface area contributed by atoms with Gasteiger partial charge in [-0.2, -0.15) is 0 Å². The average molecular weight is 341 g/mol. The number of nitrogens with zero attached hydrogens (tertiary/aromatic N) is 1. The fourth-order valence-corrected chi connectivity index (χ4v) is 4.19. The molecule has 4 atom stereocenters. The highest BCUT2D eigenvalue weighted by Gasteiger charge is 2.67. The molecule has 132 valence electrons. The van der Waals surface area contributed by atoms with E-state index in [0.717, 1.165) is 12.0 Å². The highest BCUT2D eigenvalue weighted by Crippen LogP contribution is 2.52. The van der Waals surface area contributed by atoms with Gasteiger partial charge in [0.15, 0.2) is 0 Å². The Labute approximate surface area is 147 Å². The van der Waals surface area contributed by atoms with E-state index in [-0.39, 0.29) is 18.0 Å². The van der Waals surface area contributed by atoms with Gasteiger partial charge in [0.2, 0.25) is 5.91 Å². The minimum atomic E-state index is -0.664. The van der Waals surface area contributed by atoms with Gasteiger partial charge < -0.3 is 14.4 Å². The number of amides is 1. The second kappa shape index (κ2) is 5.99. The molecule has 4 rings (SSSR count). The fourth-order valence-electron chi connectivity index (χ4n) is 4.19. The van der Waals surface area contributed by atoms with Gasteiger partial charge in [-0.05, 0) is 18.9 Å². The molecule has 1 spiro atoms. The monoisotopic (exact) mass is 341 g/mol. The van der Waals surface area contributed by atoms with E-state index in [1.165, 1.54) is 5.56 Å². The second-order valence-electron chi connectivity index (χ2n) is 7.25. The van der Waals surface area contributed by atoms with Crippen LogP contribution >= 0.6 is 0 Å². The number of esters is 1. The van der Waals surface area contributed by atoms with Crippen LogP contribution in [0.1, 0.15) is 24.5 Å². The summed E-state index contributed by atoms with van der Waals surface area (Å²) < 4.78 is 11.4. The summed E-state index contributed by atoms with van der Waals surface area (Å²) in [7, 11) is 0. The molecule has 0 aliphatic carbocycles. The minimum absolute atomic E-state index is 0.00845. The van der Waals surface area contributed by atoms with Crippen molar-refractivity contribution < 1.29 is 19.1 Å². The Morgan fingerprint density at radius 3 is 2.84 bits per heavy atom. The molecular weight excluding hydrogens is 318 g/mol. The third-order valence-corrected chi connectivity index (χ3v) is 5.39. The maximum Gasteiger partial charge on any atom is 0.312 e.